The first-order chi connectivity index (χ1) is 7.52. The van der Waals surface area contributed by atoms with Gasteiger partial charge < -0.3 is 5.11 Å². The monoisotopic (exact) mass is 223 g/mol. The normalized spacial score (nSPS) is 20.1. The lowest BCUT2D eigenvalue weighted by molar-refractivity contribution is -0.103. The van der Waals surface area contributed by atoms with Gasteiger partial charge in [0.2, 0.25) is 0 Å². The Bertz CT molecular complexity index is 353. The van der Waals surface area contributed by atoms with Crippen molar-refractivity contribution in [3.8, 4) is 0 Å². The highest BCUT2D eigenvalue weighted by molar-refractivity contribution is 5.03. The third-order valence-corrected chi connectivity index (χ3v) is 3.27. The van der Waals surface area contributed by atoms with Crippen LogP contribution < -0.4 is 0 Å². The Balaban J connectivity index is 1.87. The SMILES string of the molecule is CCC1(O)CN(Cc2ccn(C(C)C)n2)C1. The number of nitrogens with zero attached hydrogens (tertiary/aromatic N) is 3. The molecule has 1 aliphatic heterocycles. The maximum atomic E-state index is 9.89. The van der Waals surface area contributed by atoms with Crippen LogP contribution in [0.5, 0.6) is 0 Å². The van der Waals surface area contributed by atoms with E-state index in [2.05, 4.69) is 29.9 Å². The predicted octanol–water partition coefficient (Wildman–Crippen LogP) is 1.42. The van der Waals surface area contributed by atoms with Crippen LogP contribution in [0.2, 0.25) is 0 Å². The molecule has 2 rings (SSSR count). The maximum Gasteiger partial charge on any atom is 0.0897 e. The number of β-amino-alcohol motifs (C(OH)–C–C–N with tert-alkyl or cyclic N) is 1. The first-order valence-corrected chi connectivity index (χ1v) is 6.01. The summed E-state index contributed by atoms with van der Waals surface area (Å²) in [4.78, 5) is 2.23. The lowest BCUT2D eigenvalue weighted by Gasteiger charge is -2.45. The zero-order chi connectivity index (χ0) is 11.8. The molecule has 0 radical (unpaired) electrons. The summed E-state index contributed by atoms with van der Waals surface area (Å²) in [6.45, 7) is 8.68. The van der Waals surface area contributed by atoms with Crippen LogP contribution in [0.4, 0.5) is 0 Å². The molecule has 1 saturated heterocycles. The zero-order valence-corrected chi connectivity index (χ0v) is 10.3. The highest BCUT2D eigenvalue weighted by Crippen LogP contribution is 2.25. The molecule has 1 aliphatic rings. The Morgan fingerprint density at radius 3 is 2.69 bits per heavy atom. The van der Waals surface area contributed by atoms with Gasteiger partial charge in [-0.05, 0) is 26.3 Å². The van der Waals surface area contributed by atoms with Crippen molar-refractivity contribution >= 4 is 0 Å². The van der Waals surface area contributed by atoms with Gasteiger partial charge in [-0.25, -0.2) is 0 Å². The average molecular weight is 223 g/mol. The second kappa shape index (κ2) is 4.18. The third kappa shape index (κ3) is 2.28. The summed E-state index contributed by atoms with van der Waals surface area (Å²) in [6.07, 6.45) is 2.86. The first-order valence-electron chi connectivity index (χ1n) is 6.01. The van der Waals surface area contributed by atoms with Crippen LogP contribution in [-0.2, 0) is 6.54 Å². The van der Waals surface area contributed by atoms with E-state index in [4.69, 9.17) is 0 Å². The Morgan fingerprint density at radius 2 is 2.19 bits per heavy atom. The molecule has 0 aromatic carbocycles. The molecule has 16 heavy (non-hydrogen) atoms. The number of hydrogen-bond donors (Lipinski definition) is 1. The minimum atomic E-state index is -0.444. The fraction of sp³-hybridized carbons (Fsp3) is 0.750. The lowest BCUT2D eigenvalue weighted by Crippen LogP contribution is -2.60. The van der Waals surface area contributed by atoms with E-state index in [1.807, 2.05) is 17.8 Å². The molecule has 1 aromatic rings. The van der Waals surface area contributed by atoms with Gasteiger partial charge in [-0.3, -0.25) is 9.58 Å². The summed E-state index contributed by atoms with van der Waals surface area (Å²) in [5, 5.41) is 14.4. The van der Waals surface area contributed by atoms with Gasteiger partial charge in [0.1, 0.15) is 0 Å². The van der Waals surface area contributed by atoms with Gasteiger partial charge in [-0.2, -0.15) is 5.10 Å². The van der Waals surface area contributed by atoms with E-state index in [9.17, 15) is 5.11 Å². The second-order valence-corrected chi connectivity index (χ2v) is 5.10. The molecule has 4 nitrogen and oxygen atoms in total. The number of aliphatic hydroxyl groups is 1. The van der Waals surface area contributed by atoms with Gasteiger partial charge >= 0.3 is 0 Å². The molecule has 4 heteroatoms. The molecule has 0 saturated carbocycles. The largest absolute Gasteiger partial charge is 0.387 e. The smallest absolute Gasteiger partial charge is 0.0897 e. The standard InChI is InChI=1S/C12H21N3O/c1-4-12(16)8-14(9-12)7-11-5-6-15(13-11)10(2)3/h5-6,10,16H,4,7-9H2,1-3H3. The van der Waals surface area contributed by atoms with Gasteiger partial charge in [0.05, 0.1) is 11.3 Å². The summed E-state index contributed by atoms with van der Waals surface area (Å²) in [7, 11) is 0. The summed E-state index contributed by atoms with van der Waals surface area (Å²) in [5.41, 5.74) is 0.646. The van der Waals surface area contributed by atoms with Gasteiger partial charge in [-0.15, -0.1) is 0 Å². The number of hydrogen-bond acceptors (Lipinski definition) is 3. The van der Waals surface area contributed by atoms with Crippen molar-refractivity contribution in [1.82, 2.24) is 14.7 Å². The summed E-state index contributed by atoms with van der Waals surface area (Å²) < 4.78 is 1.97. The highest BCUT2D eigenvalue weighted by Gasteiger charge is 2.39. The van der Waals surface area contributed by atoms with Crippen molar-refractivity contribution in [2.24, 2.45) is 0 Å². The van der Waals surface area contributed by atoms with E-state index in [1.165, 1.54) is 0 Å². The van der Waals surface area contributed by atoms with E-state index < -0.39 is 5.60 Å². The van der Waals surface area contributed by atoms with E-state index in [1.54, 1.807) is 0 Å². The Labute approximate surface area is 96.9 Å². The molecule has 0 bridgehead atoms. The maximum absolute atomic E-state index is 9.89. The Hall–Kier alpha value is -0.870. The van der Waals surface area contributed by atoms with E-state index in [0.717, 1.165) is 31.7 Å². The topological polar surface area (TPSA) is 41.3 Å². The van der Waals surface area contributed by atoms with Gasteiger partial charge in [0.15, 0.2) is 0 Å². The van der Waals surface area contributed by atoms with Crippen molar-refractivity contribution in [2.45, 2.75) is 45.4 Å². The van der Waals surface area contributed by atoms with Crippen LogP contribution in [0.1, 0.15) is 38.9 Å². The number of likely N-dealkylation sites (tertiary alicyclic amines) is 1. The fourth-order valence-corrected chi connectivity index (χ4v) is 2.10. The zero-order valence-electron chi connectivity index (χ0n) is 10.3. The Morgan fingerprint density at radius 1 is 1.50 bits per heavy atom. The van der Waals surface area contributed by atoms with E-state index in [-0.39, 0.29) is 0 Å². The van der Waals surface area contributed by atoms with Crippen LogP contribution in [0, 0.1) is 0 Å². The highest BCUT2D eigenvalue weighted by atomic mass is 16.3. The first kappa shape index (κ1) is 11.6. The molecule has 1 N–H and O–H groups in total. The molecule has 1 fully saturated rings. The predicted molar refractivity (Wildman–Crippen MR) is 63.1 cm³/mol. The molecule has 2 heterocycles. The van der Waals surface area contributed by atoms with Crippen molar-refractivity contribution in [2.75, 3.05) is 13.1 Å². The number of rotatable bonds is 4. The molecule has 1 aromatic heterocycles. The van der Waals surface area contributed by atoms with Crippen molar-refractivity contribution in [3.63, 3.8) is 0 Å². The molecule has 0 unspecified atom stereocenters. The summed E-state index contributed by atoms with van der Waals surface area (Å²) in [6, 6.07) is 2.47. The quantitative estimate of drug-likeness (QED) is 0.839. The van der Waals surface area contributed by atoms with E-state index in [0.29, 0.717) is 6.04 Å². The third-order valence-electron chi connectivity index (χ3n) is 3.27. The van der Waals surface area contributed by atoms with Crippen LogP contribution in [0.15, 0.2) is 12.3 Å². The van der Waals surface area contributed by atoms with Crippen molar-refractivity contribution in [3.05, 3.63) is 18.0 Å². The molecule has 0 amide bonds. The molecule has 0 spiro atoms. The molecular weight excluding hydrogens is 202 g/mol. The summed E-state index contributed by atoms with van der Waals surface area (Å²) >= 11 is 0. The van der Waals surface area contributed by atoms with Crippen LogP contribution in [0.25, 0.3) is 0 Å². The van der Waals surface area contributed by atoms with Gasteiger partial charge in [0.25, 0.3) is 0 Å². The van der Waals surface area contributed by atoms with Crippen LogP contribution in [0.3, 0.4) is 0 Å². The van der Waals surface area contributed by atoms with Crippen LogP contribution in [-0.4, -0.2) is 38.5 Å². The van der Waals surface area contributed by atoms with Gasteiger partial charge in [-0.1, -0.05) is 6.92 Å². The minimum absolute atomic E-state index is 0.415. The van der Waals surface area contributed by atoms with Crippen molar-refractivity contribution in [1.29, 1.82) is 0 Å². The minimum Gasteiger partial charge on any atom is -0.387 e. The number of aromatic nitrogens is 2. The molecular formula is C12H21N3O. The summed E-state index contributed by atoms with van der Waals surface area (Å²) in [5.74, 6) is 0. The fourth-order valence-electron chi connectivity index (χ4n) is 2.10. The molecule has 0 atom stereocenters. The van der Waals surface area contributed by atoms with Gasteiger partial charge in [0, 0.05) is 31.9 Å². The Kier molecular flexibility index (Phi) is 3.04. The lowest BCUT2D eigenvalue weighted by atomic mass is 9.91. The second-order valence-electron chi connectivity index (χ2n) is 5.10. The van der Waals surface area contributed by atoms with Crippen LogP contribution >= 0.6 is 0 Å². The average Bonchev–Trinajstić information content (AvgIpc) is 2.63. The van der Waals surface area contributed by atoms with Crippen molar-refractivity contribution < 1.29 is 5.11 Å². The van der Waals surface area contributed by atoms with E-state index >= 15 is 0 Å². The molecule has 90 valence electrons. The molecule has 0 aliphatic carbocycles.